The Bertz CT molecular complexity index is 713. The third-order valence-corrected chi connectivity index (χ3v) is 6.62. The molecule has 1 aliphatic heterocycles. The van der Waals surface area contributed by atoms with Gasteiger partial charge in [0.2, 0.25) is 5.90 Å². The number of nitrogens with zero attached hydrogens (tertiary/aromatic N) is 1. The van der Waals surface area contributed by atoms with Crippen molar-refractivity contribution in [2.75, 3.05) is 6.61 Å². The molecule has 27 heavy (non-hydrogen) atoms. The van der Waals surface area contributed by atoms with E-state index in [2.05, 4.69) is 83.1 Å². The monoisotopic (exact) mass is 383 g/mol. The largest absolute Gasteiger partial charge is 0.477 e. The SMILES string of the molecule is CC(C)[C@H]1COC([C@@H](OP(c2ccccc2)c2ccccc2)C(C)(C)C)=N1. The summed E-state index contributed by atoms with van der Waals surface area (Å²) in [5.41, 5.74) is -0.116. The molecule has 3 nitrogen and oxygen atoms in total. The van der Waals surface area contributed by atoms with Crippen LogP contribution in [-0.4, -0.2) is 24.7 Å². The highest BCUT2D eigenvalue weighted by Gasteiger charge is 2.38. The van der Waals surface area contributed by atoms with Gasteiger partial charge in [-0.3, -0.25) is 0 Å². The van der Waals surface area contributed by atoms with E-state index < -0.39 is 8.15 Å². The Morgan fingerprint density at radius 2 is 1.48 bits per heavy atom. The van der Waals surface area contributed by atoms with Crippen molar-refractivity contribution in [3.05, 3.63) is 60.7 Å². The molecule has 2 aromatic rings. The number of benzene rings is 2. The Labute approximate surface area is 164 Å². The van der Waals surface area contributed by atoms with Crippen LogP contribution in [0.2, 0.25) is 0 Å². The molecule has 0 radical (unpaired) electrons. The molecule has 144 valence electrons. The lowest BCUT2D eigenvalue weighted by molar-refractivity contribution is 0.134. The van der Waals surface area contributed by atoms with Crippen LogP contribution in [0.15, 0.2) is 65.7 Å². The fraction of sp³-hybridized carbons (Fsp3) is 0.435. The van der Waals surface area contributed by atoms with Gasteiger partial charge in [-0.1, -0.05) is 95.3 Å². The maximum absolute atomic E-state index is 6.81. The predicted octanol–water partition coefficient (Wildman–Crippen LogP) is 4.92. The van der Waals surface area contributed by atoms with Crippen molar-refractivity contribution in [3.63, 3.8) is 0 Å². The summed E-state index contributed by atoms with van der Waals surface area (Å²) in [4.78, 5) is 4.87. The van der Waals surface area contributed by atoms with Gasteiger partial charge >= 0.3 is 0 Å². The Hall–Kier alpha value is -1.70. The van der Waals surface area contributed by atoms with E-state index in [0.29, 0.717) is 12.5 Å². The van der Waals surface area contributed by atoms with Gasteiger partial charge in [0.15, 0.2) is 0 Å². The summed E-state index contributed by atoms with van der Waals surface area (Å²) < 4.78 is 12.8. The van der Waals surface area contributed by atoms with Gasteiger partial charge in [0.05, 0.1) is 14.2 Å². The molecule has 0 bridgehead atoms. The summed E-state index contributed by atoms with van der Waals surface area (Å²) in [5, 5.41) is 2.40. The van der Waals surface area contributed by atoms with Crippen molar-refractivity contribution in [1.82, 2.24) is 0 Å². The van der Waals surface area contributed by atoms with Gasteiger partial charge in [0.1, 0.15) is 12.7 Å². The predicted molar refractivity (Wildman–Crippen MR) is 115 cm³/mol. The molecule has 1 heterocycles. The molecule has 3 rings (SSSR count). The molecule has 1 aliphatic rings. The van der Waals surface area contributed by atoms with Crippen molar-refractivity contribution < 1.29 is 9.26 Å². The molecular weight excluding hydrogens is 353 g/mol. The summed E-state index contributed by atoms with van der Waals surface area (Å²) in [6.07, 6.45) is -0.187. The van der Waals surface area contributed by atoms with Crippen LogP contribution in [0, 0.1) is 11.3 Å². The second-order valence-electron chi connectivity index (χ2n) is 8.41. The maximum Gasteiger partial charge on any atom is 0.214 e. The highest BCUT2D eigenvalue weighted by atomic mass is 31.1. The molecule has 0 spiro atoms. The molecule has 0 aliphatic carbocycles. The molecular formula is C23H30NO2P. The number of ether oxygens (including phenoxy) is 1. The first-order chi connectivity index (χ1) is 12.9. The average molecular weight is 383 g/mol. The van der Waals surface area contributed by atoms with Crippen LogP contribution in [0.25, 0.3) is 0 Å². The topological polar surface area (TPSA) is 30.8 Å². The fourth-order valence-electron chi connectivity index (χ4n) is 2.97. The van der Waals surface area contributed by atoms with Gasteiger partial charge in [-0.2, -0.15) is 0 Å². The quantitative estimate of drug-likeness (QED) is 0.663. The number of hydrogen-bond acceptors (Lipinski definition) is 3. The van der Waals surface area contributed by atoms with E-state index in [0.717, 1.165) is 5.90 Å². The Morgan fingerprint density at radius 3 is 1.89 bits per heavy atom. The highest BCUT2D eigenvalue weighted by molar-refractivity contribution is 7.68. The van der Waals surface area contributed by atoms with Gasteiger partial charge in [0, 0.05) is 10.6 Å². The van der Waals surface area contributed by atoms with Crippen molar-refractivity contribution in [2.45, 2.75) is 46.8 Å². The first kappa shape index (κ1) is 20.0. The first-order valence-electron chi connectivity index (χ1n) is 9.64. The molecule has 2 aromatic carbocycles. The van der Waals surface area contributed by atoms with E-state index in [9.17, 15) is 0 Å². The van der Waals surface area contributed by atoms with Gasteiger partial charge in [-0.25, -0.2) is 4.99 Å². The van der Waals surface area contributed by atoms with Crippen molar-refractivity contribution >= 4 is 24.7 Å². The van der Waals surface area contributed by atoms with E-state index in [1.54, 1.807) is 0 Å². The summed E-state index contributed by atoms with van der Waals surface area (Å²) in [6.45, 7) is 11.6. The van der Waals surface area contributed by atoms with Crippen molar-refractivity contribution in [1.29, 1.82) is 0 Å². The zero-order valence-electron chi connectivity index (χ0n) is 16.9. The van der Waals surface area contributed by atoms with Crippen molar-refractivity contribution in [3.8, 4) is 0 Å². The minimum absolute atomic E-state index is 0.116. The van der Waals surface area contributed by atoms with Crippen LogP contribution in [0.5, 0.6) is 0 Å². The smallest absolute Gasteiger partial charge is 0.214 e. The van der Waals surface area contributed by atoms with Crippen LogP contribution in [0.4, 0.5) is 0 Å². The second kappa shape index (κ2) is 8.54. The Balaban J connectivity index is 1.95. The molecule has 0 unspecified atom stereocenters. The molecule has 0 N–H and O–H groups in total. The van der Waals surface area contributed by atoms with Crippen LogP contribution < -0.4 is 10.6 Å². The number of rotatable bonds is 6. The summed E-state index contributed by atoms with van der Waals surface area (Å²) in [6, 6.07) is 21.2. The normalized spacial score (nSPS) is 18.5. The molecule has 2 atom stereocenters. The Morgan fingerprint density at radius 1 is 0.963 bits per heavy atom. The molecule has 0 amide bonds. The molecule has 0 aromatic heterocycles. The van der Waals surface area contributed by atoms with E-state index in [1.165, 1.54) is 10.6 Å². The molecule has 0 saturated heterocycles. The van der Waals surface area contributed by atoms with E-state index >= 15 is 0 Å². The fourth-order valence-corrected chi connectivity index (χ4v) is 5.01. The van der Waals surface area contributed by atoms with Crippen molar-refractivity contribution in [2.24, 2.45) is 16.3 Å². The third-order valence-electron chi connectivity index (χ3n) is 4.67. The van der Waals surface area contributed by atoms with E-state index in [4.69, 9.17) is 14.3 Å². The molecule has 0 fully saturated rings. The average Bonchev–Trinajstić information content (AvgIpc) is 3.13. The number of hydrogen-bond donors (Lipinski definition) is 0. The lowest BCUT2D eigenvalue weighted by Crippen LogP contribution is -2.38. The van der Waals surface area contributed by atoms with Gasteiger partial charge in [0.25, 0.3) is 0 Å². The summed E-state index contributed by atoms with van der Waals surface area (Å²) in [7, 11) is -0.961. The minimum atomic E-state index is -0.961. The van der Waals surface area contributed by atoms with Gasteiger partial charge < -0.3 is 9.26 Å². The standard InChI is InChI=1S/C23H30NO2P/c1-17(2)20-16-25-22(24-20)21(23(3,4)5)26-27(18-12-8-6-9-13-18)19-14-10-7-11-15-19/h6-15,17,20-21H,16H2,1-5H3/t20-,21-/m1/s1. The number of aliphatic imine (C=N–C) groups is 1. The first-order valence-corrected chi connectivity index (χ1v) is 10.9. The van der Waals surface area contributed by atoms with Crippen LogP contribution in [-0.2, 0) is 9.26 Å². The minimum Gasteiger partial charge on any atom is -0.477 e. The van der Waals surface area contributed by atoms with Gasteiger partial charge in [-0.05, 0) is 11.3 Å². The molecule has 0 saturated carbocycles. The third kappa shape index (κ3) is 4.97. The molecule has 4 heteroatoms. The van der Waals surface area contributed by atoms with Crippen LogP contribution >= 0.6 is 8.15 Å². The van der Waals surface area contributed by atoms with E-state index in [-0.39, 0.29) is 17.6 Å². The highest BCUT2D eigenvalue weighted by Crippen LogP contribution is 2.41. The zero-order chi connectivity index (χ0) is 19.4. The maximum atomic E-state index is 6.81. The second-order valence-corrected chi connectivity index (χ2v) is 10.2. The van der Waals surface area contributed by atoms with E-state index in [1.807, 2.05) is 12.1 Å². The van der Waals surface area contributed by atoms with Crippen LogP contribution in [0.3, 0.4) is 0 Å². The van der Waals surface area contributed by atoms with Gasteiger partial charge in [-0.15, -0.1) is 0 Å². The summed E-state index contributed by atoms with van der Waals surface area (Å²) >= 11 is 0. The van der Waals surface area contributed by atoms with Crippen LogP contribution in [0.1, 0.15) is 34.6 Å². The summed E-state index contributed by atoms with van der Waals surface area (Å²) in [5.74, 6) is 1.22. The Kier molecular flexibility index (Phi) is 6.34. The lowest BCUT2D eigenvalue weighted by Gasteiger charge is -2.33. The zero-order valence-corrected chi connectivity index (χ0v) is 17.8. The lowest BCUT2D eigenvalue weighted by atomic mass is 9.89.